The molecule has 2 aromatic heterocycles. The summed E-state index contributed by atoms with van der Waals surface area (Å²) in [5.41, 5.74) is -0.903. The number of carboxylic acids is 1. The van der Waals surface area contributed by atoms with Crippen LogP contribution in [0.5, 0.6) is 0 Å². The van der Waals surface area contributed by atoms with Gasteiger partial charge in [0, 0.05) is 6.20 Å². The van der Waals surface area contributed by atoms with Gasteiger partial charge >= 0.3 is 12.1 Å². The van der Waals surface area contributed by atoms with Crippen molar-refractivity contribution in [3.8, 4) is 0 Å². The second-order valence-corrected chi connectivity index (χ2v) is 4.93. The summed E-state index contributed by atoms with van der Waals surface area (Å²) >= 11 is 1.15. The molecule has 0 amide bonds. The number of fused-ring (bicyclic) bond motifs is 1. The molecule has 9 heteroatoms. The van der Waals surface area contributed by atoms with Crippen LogP contribution < -0.4 is 0 Å². The Morgan fingerprint density at radius 1 is 1.50 bits per heavy atom. The average molecular weight is 327 g/mol. The third kappa shape index (κ3) is 3.01. The number of nitrogens with zero attached hydrogens (tertiary/aromatic N) is 2. The fraction of sp³-hybridized carbons (Fsp3) is 0.273. The SMILES string of the molecule is CCSc1c(C(=O)O)nn2ccc(C(F)(F)F)cc12.Cl. The maximum Gasteiger partial charge on any atom is 0.416 e. The zero-order valence-corrected chi connectivity index (χ0v) is 11.8. The first-order valence-electron chi connectivity index (χ1n) is 5.30. The molecule has 0 fully saturated rings. The summed E-state index contributed by atoms with van der Waals surface area (Å²) in [7, 11) is 0. The van der Waals surface area contributed by atoms with E-state index in [2.05, 4.69) is 5.10 Å². The van der Waals surface area contributed by atoms with Crippen molar-refractivity contribution in [3.63, 3.8) is 0 Å². The molecule has 0 bridgehead atoms. The van der Waals surface area contributed by atoms with Crippen molar-refractivity contribution in [2.45, 2.75) is 18.0 Å². The van der Waals surface area contributed by atoms with Crippen LogP contribution in [0.4, 0.5) is 13.2 Å². The van der Waals surface area contributed by atoms with Gasteiger partial charge in [-0.2, -0.15) is 18.3 Å². The number of carboxylic acid groups (broad SMARTS) is 1. The van der Waals surface area contributed by atoms with Crippen LogP contribution in [0.1, 0.15) is 23.0 Å². The molecule has 0 aliphatic heterocycles. The highest BCUT2D eigenvalue weighted by atomic mass is 35.5. The van der Waals surface area contributed by atoms with E-state index in [0.717, 1.165) is 34.6 Å². The van der Waals surface area contributed by atoms with Crippen molar-refractivity contribution in [1.29, 1.82) is 0 Å². The molecule has 1 N–H and O–H groups in total. The minimum absolute atomic E-state index is 0. The van der Waals surface area contributed by atoms with Crippen molar-refractivity contribution in [1.82, 2.24) is 9.61 Å². The van der Waals surface area contributed by atoms with Crippen LogP contribution in [0.25, 0.3) is 5.52 Å². The summed E-state index contributed by atoms with van der Waals surface area (Å²) in [5, 5.41) is 12.8. The third-order valence-corrected chi connectivity index (χ3v) is 3.39. The predicted molar refractivity (Wildman–Crippen MR) is 70.8 cm³/mol. The number of rotatable bonds is 3. The number of hydrogen-bond donors (Lipinski definition) is 1. The standard InChI is InChI=1S/C11H9F3N2O2S.ClH/c1-2-19-9-7-5-6(11(12,13)14)3-4-16(7)15-8(9)10(17)18;/h3-5H,2H2,1H3,(H,17,18);1H. The van der Waals surface area contributed by atoms with E-state index in [1.54, 1.807) is 6.92 Å². The fourth-order valence-electron chi connectivity index (χ4n) is 1.63. The number of carbonyl (C=O) groups is 1. The Bertz CT molecular complexity index is 642. The molecule has 0 aliphatic carbocycles. The summed E-state index contributed by atoms with van der Waals surface area (Å²) in [6.07, 6.45) is -3.35. The van der Waals surface area contributed by atoms with Crippen LogP contribution in [0, 0.1) is 0 Å². The number of halogens is 4. The zero-order valence-electron chi connectivity index (χ0n) is 10.1. The van der Waals surface area contributed by atoms with Crippen molar-refractivity contribution >= 4 is 35.7 Å². The van der Waals surface area contributed by atoms with Crippen molar-refractivity contribution in [2.24, 2.45) is 0 Å². The molecule has 20 heavy (non-hydrogen) atoms. The molecule has 4 nitrogen and oxygen atoms in total. The van der Waals surface area contributed by atoms with Gasteiger partial charge in [-0.05, 0) is 17.9 Å². The summed E-state index contributed by atoms with van der Waals surface area (Å²) in [6, 6.07) is 1.78. The molecule has 0 radical (unpaired) electrons. The first-order chi connectivity index (χ1) is 8.84. The Hall–Kier alpha value is -1.41. The van der Waals surface area contributed by atoms with Crippen LogP contribution in [0.3, 0.4) is 0 Å². The molecule has 0 spiro atoms. The minimum Gasteiger partial charge on any atom is -0.476 e. The molecule has 0 atom stereocenters. The van der Waals surface area contributed by atoms with Gasteiger partial charge in [0.25, 0.3) is 0 Å². The smallest absolute Gasteiger partial charge is 0.416 e. The van der Waals surface area contributed by atoms with Crippen LogP contribution in [0.15, 0.2) is 23.2 Å². The molecule has 0 saturated carbocycles. The Morgan fingerprint density at radius 3 is 2.65 bits per heavy atom. The largest absolute Gasteiger partial charge is 0.476 e. The van der Waals surface area contributed by atoms with E-state index in [9.17, 15) is 18.0 Å². The summed E-state index contributed by atoms with van der Waals surface area (Å²) in [5.74, 6) is -0.717. The third-order valence-electron chi connectivity index (χ3n) is 2.41. The molecular formula is C11H10ClF3N2O2S. The second kappa shape index (κ2) is 5.92. The monoisotopic (exact) mass is 326 g/mol. The zero-order chi connectivity index (χ0) is 14.2. The molecule has 0 aromatic carbocycles. The van der Waals surface area contributed by atoms with Gasteiger partial charge in [-0.1, -0.05) is 6.92 Å². The highest BCUT2D eigenvalue weighted by Gasteiger charge is 2.31. The lowest BCUT2D eigenvalue weighted by molar-refractivity contribution is -0.137. The first-order valence-corrected chi connectivity index (χ1v) is 6.28. The van der Waals surface area contributed by atoms with Crippen LogP contribution in [0.2, 0.25) is 0 Å². The second-order valence-electron chi connectivity index (χ2n) is 3.66. The van der Waals surface area contributed by atoms with Gasteiger partial charge < -0.3 is 5.11 Å². The van der Waals surface area contributed by atoms with Gasteiger partial charge in [0.2, 0.25) is 0 Å². The normalized spacial score (nSPS) is 11.4. The molecule has 110 valence electrons. The Morgan fingerprint density at radius 2 is 2.15 bits per heavy atom. The highest BCUT2D eigenvalue weighted by molar-refractivity contribution is 7.99. The molecule has 2 heterocycles. The molecular weight excluding hydrogens is 317 g/mol. The van der Waals surface area contributed by atoms with Gasteiger partial charge in [-0.25, -0.2) is 9.31 Å². The number of aromatic nitrogens is 2. The van der Waals surface area contributed by atoms with Gasteiger partial charge in [0.05, 0.1) is 16.0 Å². The number of alkyl halides is 3. The van der Waals surface area contributed by atoms with E-state index in [-0.39, 0.29) is 28.5 Å². The predicted octanol–water partition coefficient (Wildman–Crippen LogP) is 3.59. The minimum atomic E-state index is -4.47. The van der Waals surface area contributed by atoms with E-state index in [1.165, 1.54) is 0 Å². The van der Waals surface area contributed by atoms with E-state index in [0.29, 0.717) is 5.75 Å². The van der Waals surface area contributed by atoms with Crippen LogP contribution in [-0.2, 0) is 6.18 Å². The lowest BCUT2D eigenvalue weighted by Crippen LogP contribution is -2.05. The Balaban J connectivity index is 0.00000200. The summed E-state index contributed by atoms with van der Waals surface area (Å²) in [6.45, 7) is 1.79. The van der Waals surface area contributed by atoms with E-state index in [1.807, 2.05) is 0 Å². The van der Waals surface area contributed by atoms with E-state index >= 15 is 0 Å². The van der Waals surface area contributed by atoms with Gasteiger partial charge in [-0.3, -0.25) is 0 Å². The van der Waals surface area contributed by atoms with Gasteiger partial charge in [0.15, 0.2) is 5.69 Å². The molecule has 0 aliphatic rings. The molecule has 2 aromatic rings. The lowest BCUT2D eigenvalue weighted by atomic mass is 10.2. The summed E-state index contributed by atoms with van der Waals surface area (Å²) in [4.78, 5) is 11.3. The van der Waals surface area contributed by atoms with Gasteiger partial charge in [0.1, 0.15) is 0 Å². The van der Waals surface area contributed by atoms with Crippen LogP contribution in [-0.4, -0.2) is 26.4 Å². The van der Waals surface area contributed by atoms with Crippen molar-refractivity contribution in [2.75, 3.05) is 5.75 Å². The van der Waals surface area contributed by atoms with E-state index in [4.69, 9.17) is 5.11 Å². The maximum absolute atomic E-state index is 12.6. The highest BCUT2D eigenvalue weighted by Crippen LogP contribution is 2.33. The quantitative estimate of drug-likeness (QED) is 0.876. The van der Waals surface area contributed by atoms with Crippen molar-refractivity contribution < 1.29 is 23.1 Å². The number of aromatic carboxylic acids is 1. The number of thioether (sulfide) groups is 1. The molecule has 0 unspecified atom stereocenters. The Labute approximate surface area is 122 Å². The lowest BCUT2D eigenvalue weighted by Gasteiger charge is -2.06. The molecule has 2 rings (SSSR count). The fourth-order valence-corrected chi connectivity index (χ4v) is 2.48. The molecule has 0 saturated heterocycles. The summed E-state index contributed by atoms with van der Waals surface area (Å²) < 4.78 is 39.1. The van der Waals surface area contributed by atoms with Gasteiger partial charge in [-0.15, -0.1) is 24.2 Å². The van der Waals surface area contributed by atoms with E-state index < -0.39 is 17.7 Å². The first kappa shape index (κ1) is 16.6. The average Bonchev–Trinajstić information content (AvgIpc) is 2.67. The van der Waals surface area contributed by atoms with Crippen LogP contribution >= 0.6 is 24.2 Å². The number of hydrogen-bond acceptors (Lipinski definition) is 3. The van der Waals surface area contributed by atoms with Crippen molar-refractivity contribution in [3.05, 3.63) is 29.6 Å². The topological polar surface area (TPSA) is 54.6 Å². The Kier molecular flexibility index (Phi) is 4.93. The number of pyridine rings is 1. The maximum atomic E-state index is 12.6.